The first-order valence-corrected chi connectivity index (χ1v) is 9.25. The van der Waals surface area contributed by atoms with Gasteiger partial charge in [0.15, 0.2) is 0 Å². The zero-order chi connectivity index (χ0) is 19.4. The van der Waals surface area contributed by atoms with Gasteiger partial charge in [-0.15, -0.1) is 0 Å². The van der Waals surface area contributed by atoms with Gasteiger partial charge in [-0.25, -0.2) is 4.98 Å². The lowest BCUT2D eigenvalue weighted by Gasteiger charge is -2.33. The van der Waals surface area contributed by atoms with Crippen molar-refractivity contribution in [2.75, 3.05) is 32.1 Å². The Kier molecular flexibility index (Phi) is 5.74. The molecule has 2 aromatic rings. The van der Waals surface area contributed by atoms with Gasteiger partial charge in [-0.2, -0.15) is 0 Å². The molecular weight excluding hydrogens is 340 g/mol. The maximum absolute atomic E-state index is 12.5. The Bertz CT molecular complexity index is 809. The molecule has 0 atom stereocenters. The molecule has 0 saturated carbocycles. The SMILES string of the molecule is Cc1ccccc1C(=O)NC1CCN(c2ccc(C(=O)N(C)C)cn2)CC1. The fourth-order valence-corrected chi connectivity index (χ4v) is 3.30. The number of aryl methyl sites for hydroxylation is 1. The minimum absolute atomic E-state index is 0.00349. The number of anilines is 1. The van der Waals surface area contributed by atoms with Crippen molar-refractivity contribution in [1.82, 2.24) is 15.2 Å². The largest absolute Gasteiger partial charge is 0.356 e. The molecule has 1 aromatic heterocycles. The fraction of sp³-hybridized carbons (Fsp3) is 0.381. The topological polar surface area (TPSA) is 65.5 Å². The Balaban J connectivity index is 1.55. The van der Waals surface area contributed by atoms with Crippen LogP contribution in [0.25, 0.3) is 0 Å². The molecule has 1 N–H and O–H groups in total. The van der Waals surface area contributed by atoms with Crippen LogP contribution >= 0.6 is 0 Å². The zero-order valence-electron chi connectivity index (χ0n) is 16.1. The van der Waals surface area contributed by atoms with Crippen molar-refractivity contribution in [3.05, 3.63) is 59.3 Å². The normalized spacial score (nSPS) is 14.7. The Labute approximate surface area is 160 Å². The molecule has 1 fully saturated rings. The van der Waals surface area contributed by atoms with Gasteiger partial charge in [0.1, 0.15) is 5.82 Å². The zero-order valence-corrected chi connectivity index (χ0v) is 16.1. The molecule has 6 nitrogen and oxygen atoms in total. The molecule has 3 rings (SSSR count). The summed E-state index contributed by atoms with van der Waals surface area (Å²) in [6.07, 6.45) is 3.37. The monoisotopic (exact) mass is 366 g/mol. The number of nitrogens with one attached hydrogen (secondary N) is 1. The van der Waals surface area contributed by atoms with Gasteiger partial charge in [0.25, 0.3) is 11.8 Å². The van der Waals surface area contributed by atoms with Crippen molar-refractivity contribution in [3.63, 3.8) is 0 Å². The third-order valence-electron chi connectivity index (χ3n) is 4.94. The van der Waals surface area contributed by atoms with Gasteiger partial charge in [-0.3, -0.25) is 9.59 Å². The Morgan fingerprint density at radius 2 is 1.81 bits per heavy atom. The molecule has 0 aliphatic carbocycles. The van der Waals surface area contributed by atoms with E-state index in [0.29, 0.717) is 5.56 Å². The third-order valence-corrected chi connectivity index (χ3v) is 4.94. The standard InChI is InChI=1S/C21H26N4O2/c1-15-6-4-5-7-18(15)20(26)23-17-10-12-25(13-11-17)19-9-8-16(14-22-19)21(27)24(2)3/h4-9,14,17H,10-13H2,1-3H3,(H,23,26). The predicted octanol–water partition coefficient (Wildman–Crippen LogP) is 2.49. The first-order chi connectivity index (χ1) is 13.0. The van der Waals surface area contributed by atoms with Gasteiger partial charge in [-0.05, 0) is 43.5 Å². The van der Waals surface area contributed by atoms with E-state index in [9.17, 15) is 9.59 Å². The summed E-state index contributed by atoms with van der Waals surface area (Å²) in [7, 11) is 3.46. The van der Waals surface area contributed by atoms with Crippen molar-refractivity contribution < 1.29 is 9.59 Å². The van der Waals surface area contributed by atoms with Crippen molar-refractivity contribution in [2.24, 2.45) is 0 Å². The second kappa shape index (κ2) is 8.20. The molecule has 1 aromatic carbocycles. The van der Waals surface area contributed by atoms with Crippen LogP contribution in [0, 0.1) is 6.92 Å². The van der Waals surface area contributed by atoms with E-state index in [2.05, 4.69) is 15.2 Å². The second-order valence-electron chi connectivity index (χ2n) is 7.15. The lowest BCUT2D eigenvalue weighted by atomic mass is 10.0. The molecule has 0 unspecified atom stereocenters. The highest BCUT2D eigenvalue weighted by Crippen LogP contribution is 2.19. The van der Waals surface area contributed by atoms with E-state index in [1.807, 2.05) is 43.3 Å². The number of piperidine rings is 1. The molecule has 0 spiro atoms. The van der Waals surface area contributed by atoms with Gasteiger partial charge in [0.05, 0.1) is 5.56 Å². The summed E-state index contributed by atoms with van der Waals surface area (Å²) >= 11 is 0. The summed E-state index contributed by atoms with van der Waals surface area (Å²) in [6.45, 7) is 3.60. The van der Waals surface area contributed by atoms with Crippen LogP contribution < -0.4 is 10.2 Å². The highest BCUT2D eigenvalue weighted by Gasteiger charge is 2.22. The van der Waals surface area contributed by atoms with E-state index in [1.54, 1.807) is 25.2 Å². The van der Waals surface area contributed by atoms with Gasteiger partial charge < -0.3 is 15.1 Å². The first kappa shape index (κ1) is 18.9. The minimum atomic E-state index is -0.0494. The van der Waals surface area contributed by atoms with Gasteiger partial charge in [0.2, 0.25) is 0 Å². The molecule has 0 radical (unpaired) electrons. The first-order valence-electron chi connectivity index (χ1n) is 9.25. The maximum atomic E-state index is 12.5. The summed E-state index contributed by atoms with van der Waals surface area (Å²) in [5.41, 5.74) is 2.32. The smallest absolute Gasteiger partial charge is 0.254 e. The molecular formula is C21H26N4O2. The molecule has 2 amide bonds. The van der Waals surface area contributed by atoms with Gasteiger partial charge in [0, 0.05) is 45.0 Å². The van der Waals surface area contributed by atoms with Crippen LogP contribution in [-0.4, -0.2) is 54.9 Å². The van der Waals surface area contributed by atoms with Gasteiger partial charge >= 0.3 is 0 Å². The van der Waals surface area contributed by atoms with Crippen LogP contribution in [0.5, 0.6) is 0 Å². The van der Waals surface area contributed by atoms with E-state index in [0.717, 1.165) is 42.9 Å². The second-order valence-corrected chi connectivity index (χ2v) is 7.15. The van der Waals surface area contributed by atoms with E-state index in [-0.39, 0.29) is 17.9 Å². The lowest BCUT2D eigenvalue weighted by Crippen LogP contribution is -2.45. The number of pyridine rings is 1. The van der Waals surface area contributed by atoms with Crippen molar-refractivity contribution in [2.45, 2.75) is 25.8 Å². The molecule has 6 heteroatoms. The Hall–Kier alpha value is -2.89. The molecule has 27 heavy (non-hydrogen) atoms. The molecule has 1 aliphatic heterocycles. The van der Waals surface area contributed by atoms with Crippen LogP contribution in [0.1, 0.15) is 39.1 Å². The summed E-state index contributed by atoms with van der Waals surface area (Å²) in [4.78, 5) is 32.6. The van der Waals surface area contributed by atoms with Crippen LogP contribution in [0.2, 0.25) is 0 Å². The summed E-state index contributed by atoms with van der Waals surface area (Å²) in [6, 6.07) is 11.5. The van der Waals surface area contributed by atoms with E-state index >= 15 is 0 Å². The highest BCUT2D eigenvalue weighted by molar-refractivity contribution is 5.95. The van der Waals surface area contributed by atoms with E-state index in [1.165, 1.54) is 0 Å². The van der Waals surface area contributed by atoms with E-state index < -0.39 is 0 Å². The van der Waals surface area contributed by atoms with Crippen molar-refractivity contribution >= 4 is 17.6 Å². The highest BCUT2D eigenvalue weighted by atomic mass is 16.2. The molecule has 0 bridgehead atoms. The number of carbonyl (C=O) groups is 2. The number of amides is 2. The van der Waals surface area contributed by atoms with Crippen LogP contribution in [0.15, 0.2) is 42.6 Å². The maximum Gasteiger partial charge on any atom is 0.254 e. The quantitative estimate of drug-likeness (QED) is 0.903. The molecule has 142 valence electrons. The number of nitrogens with zero attached hydrogens (tertiary/aromatic N) is 3. The molecule has 1 aliphatic rings. The summed E-state index contributed by atoms with van der Waals surface area (Å²) in [5.74, 6) is 0.817. The number of hydrogen-bond donors (Lipinski definition) is 1. The van der Waals surface area contributed by atoms with Gasteiger partial charge in [-0.1, -0.05) is 18.2 Å². The number of rotatable bonds is 4. The number of aromatic nitrogens is 1. The average Bonchev–Trinajstić information content (AvgIpc) is 2.68. The van der Waals surface area contributed by atoms with Crippen LogP contribution in [0.3, 0.4) is 0 Å². The number of hydrogen-bond acceptors (Lipinski definition) is 4. The molecule has 2 heterocycles. The minimum Gasteiger partial charge on any atom is -0.356 e. The molecule has 1 saturated heterocycles. The predicted molar refractivity (Wildman–Crippen MR) is 106 cm³/mol. The van der Waals surface area contributed by atoms with Crippen molar-refractivity contribution in [1.29, 1.82) is 0 Å². The van der Waals surface area contributed by atoms with Crippen LogP contribution in [0.4, 0.5) is 5.82 Å². The van der Waals surface area contributed by atoms with Crippen LogP contribution in [-0.2, 0) is 0 Å². The third kappa shape index (κ3) is 4.45. The average molecular weight is 366 g/mol. The number of carbonyl (C=O) groups excluding carboxylic acids is 2. The lowest BCUT2D eigenvalue weighted by molar-refractivity contribution is 0.0826. The summed E-state index contributed by atoms with van der Waals surface area (Å²) in [5, 5.41) is 3.15. The number of benzene rings is 1. The Morgan fingerprint density at radius 3 is 2.41 bits per heavy atom. The van der Waals surface area contributed by atoms with Crippen molar-refractivity contribution in [3.8, 4) is 0 Å². The fourth-order valence-electron chi connectivity index (χ4n) is 3.30. The Morgan fingerprint density at radius 1 is 1.11 bits per heavy atom. The summed E-state index contributed by atoms with van der Waals surface area (Å²) < 4.78 is 0. The van der Waals surface area contributed by atoms with E-state index in [4.69, 9.17) is 0 Å².